The Hall–Kier alpha value is -2.24. The predicted molar refractivity (Wildman–Crippen MR) is 122 cm³/mol. The normalized spacial score (nSPS) is 27.3. The van der Waals surface area contributed by atoms with Crippen molar-refractivity contribution >= 4 is 5.91 Å². The minimum Gasteiger partial charge on any atom is -0.395 e. The van der Waals surface area contributed by atoms with Gasteiger partial charge in [-0.2, -0.15) is 0 Å². The van der Waals surface area contributed by atoms with Crippen molar-refractivity contribution in [2.75, 3.05) is 26.2 Å². The SMILES string of the molecule is O=C(C1CCCC1)N1CCCCN2[C@H](CO)[C@H](c3ccc(-c4ccncc4)cc3)[C@H]2C1. The zero-order valence-corrected chi connectivity index (χ0v) is 18.2. The molecule has 1 aromatic carbocycles. The monoisotopic (exact) mass is 419 g/mol. The molecule has 3 fully saturated rings. The molecule has 3 aliphatic rings. The van der Waals surface area contributed by atoms with Crippen LogP contribution >= 0.6 is 0 Å². The molecular weight excluding hydrogens is 386 g/mol. The molecule has 31 heavy (non-hydrogen) atoms. The maximum Gasteiger partial charge on any atom is 0.225 e. The Kier molecular flexibility index (Phi) is 6.06. The lowest BCUT2D eigenvalue weighted by Crippen LogP contribution is -2.68. The average Bonchev–Trinajstić information content (AvgIpc) is 3.34. The van der Waals surface area contributed by atoms with E-state index in [0.717, 1.165) is 50.9 Å². The average molecular weight is 420 g/mol. The molecule has 0 unspecified atom stereocenters. The molecule has 1 N–H and O–H groups in total. The van der Waals surface area contributed by atoms with E-state index in [1.165, 1.54) is 24.0 Å². The van der Waals surface area contributed by atoms with Crippen molar-refractivity contribution in [2.24, 2.45) is 5.92 Å². The quantitative estimate of drug-likeness (QED) is 0.821. The van der Waals surface area contributed by atoms with E-state index in [0.29, 0.717) is 11.9 Å². The van der Waals surface area contributed by atoms with E-state index in [-0.39, 0.29) is 24.5 Å². The summed E-state index contributed by atoms with van der Waals surface area (Å²) in [4.78, 5) is 21.9. The Labute approximate surface area is 185 Å². The summed E-state index contributed by atoms with van der Waals surface area (Å²) in [7, 11) is 0. The molecular formula is C26H33N3O2. The number of rotatable bonds is 4. The number of fused-ring (bicyclic) bond motifs is 1. The molecule has 2 aliphatic heterocycles. The lowest BCUT2D eigenvalue weighted by molar-refractivity contribution is -0.140. The molecule has 5 rings (SSSR count). The highest BCUT2D eigenvalue weighted by atomic mass is 16.3. The van der Waals surface area contributed by atoms with Gasteiger partial charge < -0.3 is 10.0 Å². The van der Waals surface area contributed by atoms with Gasteiger partial charge in [0.2, 0.25) is 5.91 Å². The fourth-order valence-electron chi connectivity index (χ4n) is 6.01. The highest BCUT2D eigenvalue weighted by Crippen LogP contribution is 2.42. The molecule has 0 spiro atoms. The number of aliphatic hydroxyl groups is 1. The van der Waals surface area contributed by atoms with Gasteiger partial charge in [-0.3, -0.25) is 14.7 Å². The topological polar surface area (TPSA) is 56.7 Å². The number of carbonyl (C=O) groups excluding carboxylic acids is 1. The molecule has 2 aromatic rings. The Bertz CT molecular complexity index is 879. The van der Waals surface area contributed by atoms with Crippen molar-refractivity contribution in [3.63, 3.8) is 0 Å². The summed E-state index contributed by atoms with van der Waals surface area (Å²) in [5.41, 5.74) is 3.61. The number of aromatic nitrogens is 1. The van der Waals surface area contributed by atoms with Crippen LogP contribution in [0.25, 0.3) is 11.1 Å². The number of hydrogen-bond donors (Lipinski definition) is 1. The summed E-state index contributed by atoms with van der Waals surface area (Å²) >= 11 is 0. The van der Waals surface area contributed by atoms with Gasteiger partial charge in [-0.15, -0.1) is 0 Å². The number of nitrogens with zero attached hydrogens (tertiary/aromatic N) is 3. The van der Waals surface area contributed by atoms with Crippen LogP contribution in [0.15, 0.2) is 48.8 Å². The van der Waals surface area contributed by atoms with Crippen molar-refractivity contribution in [3.8, 4) is 11.1 Å². The third-order valence-electron chi connectivity index (χ3n) is 7.70. The Morgan fingerprint density at radius 3 is 2.32 bits per heavy atom. The van der Waals surface area contributed by atoms with E-state index in [1.807, 2.05) is 24.5 Å². The fraction of sp³-hybridized carbons (Fsp3) is 0.538. The molecule has 3 atom stereocenters. The van der Waals surface area contributed by atoms with Crippen molar-refractivity contribution in [3.05, 3.63) is 54.4 Å². The molecule has 2 saturated heterocycles. The second kappa shape index (κ2) is 9.09. The van der Waals surface area contributed by atoms with Crippen molar-refractivity contribution in [2.45, 2.75) is 56.5 Å². The van der Waals surface area contributed by atoms with Crippen LogP contribution in [-0.4, -0.2) is 64.1 Å². The molecule has 5 heteroatoms. The smallest absolute Gasteiger partial charge is 0.225 e. The highest BCUT2D eigenvalue weighted by Gasteiger charge is 2.49. The summed E-state index contributed by atoms with van der Waals surface area (Å²) < 4.78 is 0. The first-order chi connectivity index (χ1) is 15.3. The summed E-state index contributed by atoms with van der Waals surface area (Å²) in [5, 5.41) is 10.2. The number of aliphatic hydroxyl groups excluding tert-OH is 1. The van der Waals surface area contributed by atoms with Gasteiger partial charge in [0.1, 0.15) is 0 Å². The van der Waals surface area contributed by atoms with E-state index < -0.39 is 0 Å². The number of amides is 1. The minimum atomic E-state index is 0.151. The second-order valence-electron chi connectivity index (χ2n) is 9.41. The number of carbonyl (C=O) groups is 1. The summed E-state index contributed by atoms with van der Waals surface area (Å²) in [6, 6.07) is 13.3. The number of hydrogen-bond acceptors (Lipinski definition) is 4. The molecule has 164 valence electrons. The van der Waals surface area contributed by atoms with Gasteiger partial charge in [-0.1, -0.05) is 37.1 Å². The van der Waals surface area contributed by atoms with Crippen molar-refractivity contribution in [1.29, 1.82) is 0 Å². The van der Waals surface area contributed by atoms with E-state index >= 15 is 0 Å². The highest BCUT2D eigenvalue weighted by molar-refractivity contribution is 5.79. The Balaban J connectivity index is 1.36. The van der Waals surface area contributed by atoms with Crippen LogP contribution < -0.4 is 0 Å². The van der Waals surface area contributed by atoms with Crippen LogP contribution in [0.2, 0.25) is 0 Å². The summed E-state index contributed by atoms with van der Waals surface area (Å²) in [6.07, 6.45) is 10.3. The van der Waals surface area contributed by atoms with Gasteiger partial charge in [0.05, 0.1) is 6.61 Å². The first kappa shape index (κ1) is 20.7. The van der Waals surface area contributed by atoms with Crippen molar-refractivity contribution in [1.82, 2.24) is 14.8 Å². The minimum absolute atomic E-state index is 0.151. The van der Waals surface area contributed by atoms with Crippen LogP contribution in [0.5, 0.6) is 0 Å². The second-order valence-corrected chi connectivity index (χ2v) is 9.41. The molecule has 5 nitrogen and oxygen atoms in total. The molecule has 1 amide bonds. The van der Waals surface area contributed by atoms with E-state index in [4.69, 9.17) is 0 Å². The largest absolute Gasteiger partial charge is 0.395 e. The van der Waals surface area contributed by atoms with Crippen molar-refractivity contribution < 1.29 is 9.90 Å². The van der Waals surface area contributed by atoms with Gasteiger partial charge in [-0.25, -0.2) is 0 Å². The lowest BCUT2D eigenvalue weighted by Gasteiger charge is -2.57. The van der Waals surface area contributed by atoms with Crippen LogP contribution in [-0.2, 0) is 4.79 Å². The van der Waals surface area contributed by atoms with E-state index in [9.17, 15) is 9.90 Å². The fourth-order valence-corrected chi connectivity index (χ4v) is 6.01. The standard InChI is InChI=1S/C26H33N3O2/c30-18-24-25(21-9-7-19(8-10-21)20-11-13-27-14-12-20)23-17-28(15-3-4-16-29(23)24)26(31)22-5-1-2-6-22/h7-14,22-25,30H,1-6,15-18H2/t23-,24-,25-/m1/s1. The molecule has 1 aromatic heterocycles. The zero-order chi connectivity index (χ0) is 21.2. The Morgan fingerprint density at radius 2 is 1.61 bits per heavy atom. The van der Waals surface area contributed by atoms with Gasteiger partial charge in [0.15, 0.2) is 0 Å². The van der Waals surface area contributed by atoms with E-state index in [1.54, 1.807) is 0 Å². The van der Waals surface area contributed by atoms with Crippen LogP contribution in [0.3, 0.4) is 0 Å². The molecule has 1 aliphatic carbocycles. The predicted octanol–water partition coefficient (Wildman–Crippen LogP) is 3.69. The van der Waals surface area contributed by atoms with Gasteiger partial charge >= 0.3 is 0 Å². The number of benzene rings is 1. The molecule has 3 heterocycles. The molecule has 1 saturated carbocycles. The maximum absolute atomic E-state index is 13.2. The van der Waals surface area contributed by atoms with Crippen LogP contribution in [0.4, 0.5) is 0 Å². The van der Waals surface area contributed by atoms with Gasteiger partial charge in [0, 0.05) is 49.4 Å². The third-order valence-corrected chi connectivity index (χ3v) is 7.70. The third kappa shape index (κ3) is 4.01. The van der Waals surface area contributed by atoms with E-state index in [2.05, 4.69) is 39.0 Å². The first-order valence-corrected chi connectivity index (χ1v) is 11.9. The summed E-state index contributed by atoms with van der Waals surface area (Å²) in [5.74, 6) is 0.881. The molecule has 0 bridgehead atoms. The summed E-state index contributed by atoms with van der Waals surface area (Å²) in [6.45, 7) is 2.87. The van der Waals surface area contributed by atoms with Crippen LogP contribution in [0.1, 0.15) is 50.0 Å². The van der Waals surface area contributed by atoms with Gasteiger partial charge in [-0.05, 0) is 61.1 Å². The molecule has 0 radical (unpaired) electrons. The first-order valence-electron chi connectivity index (χ1n) is 11.9. The maximum atomic E-state index is 13.2. The Morgan fingerprint density at radius 1 is 0.935 bits per heavy atom. The zero-order valence-electron chi connectivity index (χ0n) is 18.2. The van der Waals surface area contributed by atoms with Gasteiger partial charge in [0.25, 0.3) is 0 Å². The number of pyridine rings is 1. The lowest BCUT2D eigenvalue weighted by atomic mass is 9.74. The van der Waals surface area contributed by atoms with Crippen LogP contribution in [0, 0.1) is 5.92 Å².